The van der Waals surface area contributed by atoms with Crippen molar-refractivity contribution in [3.05, 3.63) is 12.3 Å². The van der Waals surface area contributed by atoms with Gasteiger partial charge in [0, 0.05) is 6.08 Å². The second kappa shape index (κ2) is 3.86. The van der Waals surface area contributed by atoms with E-state index < -0.39 is 5.91 Å². The van der Waals surface area contributed by atoms with E-state index in [9.17, 15) is 9.59 Å². The van der Waals surface area contributed by atoms with Gasteiger partial charge in [-0.25, -0.2) is 0 Å². The Morgan fingerprint density at radius 1 is 1.62 bits per heavy atom. The second-order valence-electron chi connectivity index (χ2n) is 0.986. The van der Waals surface area contributed by atoms with Gasteiger partial charge in [0.05, 0.1) is 0 Å². The first kappa shape index (κ1) is 6.68. The quantitative estimate of drug-likeness (QED) is 0.347. The second-order valence-corrected chi connectivity index (χ2v) is 0.986. The Morgan fingerprint density at radius 3 is 2.62 bits per heavy atom. The van der Waals surface area contributed by atoms with Gasteiger partial charge in [-0.3, -0.25) is 14.9 Å². The summed E-state index contributed by atoms with van der Waals surface area (Å²) in [4.78, 5) is 19.6. The molecule has 0 spiro atoms. The molecule has 0 aliphatic heterocycles. The van der Waals surface area contributed by atoms with E-state index in [1.54, 1.807) is 0 Å². The van der Waals surface area contributed by atoms with Gasteiger partial charge in [-0.1, -0.05) is 0 Å². The number of hydrogen-bond donors (Lipinski definition) is 2. The van der Waals surface area contributed by atoms with Crippen molar-refractivity contribution in [1.29, 1.82) is 0 Å². The van der Waals surface area contributed by atoms with Gasteiger partial charge in [-0.15, -0.1) is 0 Å². The molecule has 3 N–H and O–H groups in total. The Bertz CT molecular complexity index is 119. The van der Waals surface area contributed by atoms with Crippen LogP contribution in [0.15, 0.2) is 12.3 Å². The molecule has 0 unspecified atom stereocenters. The number of imide groups is 1. The van der Waals surface area contributed by atoms with E-state index >= 15 is 0 Å². The molecular formula is C4H6N2O2. The van der Waals surface area contributed by atoms with E-state index in [0.717, 1.165) is 12.3 Å². The molecule has 0 fully saturated rings. The molecule has 8 heavy (non-hydrogen) atoms. The van der Waals surface area contributed by atoms with Gasteiger partial charge in [0.1, 0.15) is 0 Å². The van der Waals surface area contributed by atoms with Crippen LogP contribution in [0.1, 0.15) is 0 Å². The standard InChI is InChI=1S/C4H6N2O2/c5-2-1-4(8)6-3-7/h1-3H,5H2,(H,6,7,8)/b2-1+. The summed E-state index contributed by atoms with van der Waals surface area (Å²) in [6, 6.07) is 0. The average molecular weight is 114 g/mol. The fourth-order valence-corrected chi connectivity index (χ4v) is 0.194. The summed E-state index contributed by atoms with van der Waals surface area (Å²) in [5.41, 5.74) is 4.80. The van der Waals surface area contributed by atoms with Crippen molar-refractivity contribution in [3.8, 4) is 0 Å². The van der Waals surface area contributed by atoms with Crippen LogP contribution < -0.4 is 11.1 Å². The third-order valence-corrected chi connectivity index (χ3v) is 0.449. The Morgan fingerprint density at radius 2 is 2.25 bits per heavy atom. The third kappa shape index (κ3) is 2.89. The summed E-state index contributed by atoms with van der Waals surface area (Å²) in [5, 5.41) is 1.86. The van der Waals surface area contributed by atoms with Crippen LogP contribution in [0.4, 0.5) is 0 Å². The monoisotopic (exact) mass is 114 g/mol. The van der Waals surface area contributed by atoms with Crippen molar-refractivity contribution in [2.45, 2.75) is 0 Å². The molecule has 0 radical (unpaired) electrons. The summed E-state index contributed by atoms with van der Waals surface area (Å²) in [6.45, 7) is 0. The van der Waals surface area contributed by atoms with Gasteiger partial charge in [0.15, 0.2) is 0 Å². The molecule has 0 atom stereocenters. The number of rotatable bonds is 2. The maximum atomic E-state index is 10.1. The van der Waals surface area contributed by atoms with Crippen LogP contribution in [0.3, 0.4) is 0 Å². The summed E-state index contributed by atoms with van der Waals surface area (Å²) < 4.78 is 0. The number of hydrogen-bond acceptors (Lipinski definition) is 3. The van der Waals surface area contributed by atoms with Crippen LogP contribution >= 0.6 is 0 Å². The number of carbonyl (C=O) groups excluding carboxylic acids is 2. The summed E-state index contributed by atoms with van der Waals surface area (Å²) >= 11 is 0. The SMILES string of the molecule is N/C=C/C(=O)NC=O. The first-order valence-electron chi connectivity index (χ1n) is 1.93. The first-order chi connectivity index (χ1) is 3.81. The van der Waals surface area contributed by atoms with Crippen LogP contribution in [0.25, 0.3) is 0 Å². The van der Waals surface area contributed by atoms with Crippen molar-refractivity contribution in [1.82, 2.24) is 5.32 Å². The Kier molecular flexibility index (Phi) is 3.22. The van der Waals surface area contributed by atoms with Crippen LogP contribution in [0.2, 0.25) is 0 Å². The van der Waals surface area contributed by atoms with Crippen LogP contribution in [-0.2, 0) is 9.59 Å². The van der Waals surface area contributed by atoms with Crippen LogP contribution in [0, 0.1) is 0 Å². The fraction of sp³-hybridized carbons (Fsp3) is 0. The van der Waals surface area contributed by atoms with E-state index in [1.807, 2.05) is 5.32 Å². The molecule has 0 saturated carbocycles. The molecule has 4 nitrogen and oxygen atoms in total. The smallest absolute Gasteiger partial charge is 0.251 e. The van der Waals surface area contributed by atoms with Gasteiger partial charge in [-0.2, -0.15) is 0 Å². The van der Waals surface area contributed by atoms with E-state index in [2.05, 4.69) is 0 Å². The number of nitrogens with one attached hydrogen (secondary N) is 1. The summed E-state index contributed by atoms with van der Waals surface area (Å²) in [7, 11) is 0. The van der Waals surface area contributed by atoms with Gasteiger partial charge in [-0.05, 0) is 6.20 Å². The lowest BCUT2D eigenvalue weighted by Crippen LogP contribution is -2.18. The van der Waals surface area contributed by atoms with Gasteiger partial charge in [0.2, 0.25) is 6.41 Å². The molecule has 0 aromatic carbocycles. The highest BCUT2D eigenvalue weighted by atomic mass is 16.2. The lowest BCUT2D eigenvalue weighted by atomic mass is 10.6. The van der Waals surface area contributed by atoms with Crippen molar-refractivity contribution < 1.29 is 9.59 Å². The predicted octanol–water partition coefficient (Wildman–Crippen LogP) is -1.27. The third-order valence-electron chi connectivity index (χ3n) is 0.449. The van der Waals surface area contributed by atoms with Crippen molar-refractivity contribution in [3.63, 3.8) is 0 Å². The number of amides is 2. The zero-order chi connectivity index (χ0) is 6.41. The molecular weight excluding hydrogens is 108 g/mol. The summed E-state index contributed by atoms with van der Waals surface area (Å²) in [5.74, 6) is -0.512. The minimum absolute atomic E-state index is 0.294. The minimum Gasteiger partial charge on any atom is -0.404 e. The fourth-order valence-electron chi connectivity index (χ4n) is 0.194. The number of carbonyl (C=O) groups is 2. The van der Waals surface area contributed by atoms with Crippen molar-refractivity contribution >= 4 is 12.3 Å². The van der Waals surface area contributed by atoms with Gasteiger partial charge >= 0.3 is 0 Å². The molecule has 0 aromatic heterocycles. The lowest BCUT2D eigenvalue weighted by molar-refractivity contribution is -0.121. The lowest BCUT2D eigenvalue weighted by Gasteiger charge is -1.83. The highest BCUT2D eigenvalue weighted by Crippen LogP contribution is 1.61. The molecule has 0 aliphatic carbocycles. The van der Waals surface area contributed by atoms with Crippen LogP contribution in [-0.4, -0.2) is 12.3 Å². The number of nitrogens with two attached hydrogens (primary N) is 1. The normalized spacial score (nSPS) is 9.00. The Labute approximate surface area is 46.4 Å². The van der Waals surface area contributed by atoms with E-state index in [1.165, 1.54) is 0 Å². The molecule has 0 aromatic rings. The minimum atomic E-state index is -0.512. The summed E-state index contributed by atoms with van der Waals surface area (Å²) in [6.07, 6.45) is 2.40. The molecule has 0 rings (SSSR count). The molecule has 4 heteroatoms. The predicted molar refractivity (Wildman–Crippen MR) is 27.5 cm³/mol. The molecule has 0 saturated heterocycles. The maximum Gasteiger partial charge on any atom is 0.251 e. The zero-order valence-corrected chi connectivity index (χ0v) is 4.13. The molecule has 0 bridgehead atoms. The Balaban J connectivity index is 3.48. The van der Waals surface area contributed by atoms with Crippen LogP contribution in [0.5, 0.6) is 0 Å². The Hall–Kier alpha value is -1.32. The molecule has 0 aliphatic rings. The molecule has 2 amide bonds. The topological polar surface area (TPSA) is 72.2 Å². The van der Waals surface area contributed by atoms with Gasteiger partial charge in [0.25, 0.3) is 5.91 Å². The first-order valence-corrected chi connectivity index (χ1v) is 1.93. The van der Waals surface area contributed by atoms with Crippen molar-refractivity contribution in [2.75, 3.05) is 0 Å². The maximum absolute atomic E-state index is 10.1. The van der Waals surface area contributed by atoms with Crippen molar-refractivity contribution in [2.24, 2.45) is 5.73 Å². The van der Waals surface area contributed by atoms with E-state index in [-0.39, 0.29) is 0 Å². The average Bonchev–Trinajstić information content (AvgIpc) is 1.68. The largest absolute Gasteiger partial charge is 0.404 e. The molecule has 0 heterocycles. The van der Waals surface area contributed by atoms with E-state index in [4.69, 9.17) is 5.73 Å². The highest BCUT2D eigenvalue weighted by Gasteiger charge is 1.86. The molecule has 44 valence electrons. The zero-order valence-electron chi connectivity index (χ0n) is 4.13. The highest BCUT2D eigenvalue weighted by molar-refractivity contribution is 5.94. The van der Waals surface area contributed by atoms with Gasteiger partial charge < -0.3 is 5.73 Å². The van der Waals surface area contributed by atoms with E-state index in [0.29, 0.717) is 6.41 Å².